The minimum Gasteiger partial charge on any atom is -0.462 e. The van der Waals surface area contributed by atoms with Gasteiger partial charge in [0.25, 0.3) is 11.5 Å². The highest BCUT2D eigenvalue weighted by Crippen LogP contribution is 2.24. The first-order valence-electron chi connectivity index (χ1n) is 9.47. The molecule has 4 aromatic rings. The van der Waals surface area contributed by atoms with Crippen LogP contribution in [0.3, 0.4) is 0 Å². The summed E-state index contributed by atoms with van der Waals surface area (Å²) >= 11 is 0. The Labute approximate surface area is 175 Å². The van der Waals surface area contributed by atoms with E-state index in [-0.39, 0.29) is 23.7 Å². The third-order valence-electron chi connectivity index (χ3n) is 4.53. The Kier molecular flexibility index (Phi) is 5.27. The number of carbonyl (C=O) groups is 2. The largest absolute Gasteiger partial charge is 0.462 e. The monoisotopic (exact) mass is 418 g/mol. The highest BCUT2D eigenvalue weighted by Gasteiger charge is 2.23. The van der Waals surface area contributed by atoms with Gasteiger partial charge >= 0.3 is 5.97 Å². The predicted molar refractivity (Wildman–Crippen MR) is 112 cm³/mol. The maximum absolute atomic E-state index is 12.7. The Bertz CT molecular complexity index is 1340. The number of nitrogens with zero attached hydrogens (tertiary/aromatic N) is 4. The molecular formula is C21H18N6O4. The molecule has 31 heavy (non-hydrogen) atoms. The van der Waals surface area contributed by atoms with Gasteiger partial charge in [-0.2, -0.15) is 14.9 Å². The van der Waals surface area contributed by atoms with Crippen LogP contribution in [0.1, 0.15) is 33.3 Å². The van der Waals surface area contributed by atoms with Crippen LogP contribution in [0.2, 0.25) is 0 Å². The number of anilines is 1. The lowest BCUT2D eigenvalue weighted by atomic mass is 10.1. The average Bonchev–Trinajstić information content (AvgIpc) is 3.18. The van der Waals surface area contributed by atoms with Crippen LogP contribution >= 0.6 is 0 Å². The summed E-state index contributed by atoms with van der Waals surface area (Å²) in [5.41, 5.74) is 1.28. The van der Waals surface area contributed by atoms with Crippen molar-refractivity contribution in [1.82, 2.24) is 25.0 Å². The Balaban J connectivity index is 1.81. The number of carbonyl (C=O) groups excluding carboxylic acids is 2. The maximum atomic E-state index is 12.7. The van der Waals surface area contributed by atoms with Gasteiger partial charge in [0.2, 0.25) is 0 Å². The quantitative estimate of drug-likeness (QED) is 0.475. The van der Waals surface area contributed by atoms with Gasteiger partial charge in [0.05, 0.1) is 18.3 Å². The normalized spacial score (nSPS) is 10.8. The van der Waals surface area contributed by atoms with Crippen LogP contribution in [-0.2, 0) is 4.74 Å². The van der Waals surface area contributed by atoms with Gasteiger partial charge in [-0.25, -0.2) is 14.9 Å². The van der Waals surface area contributed by atoms with Gasteiger partial charge in [-0.3, -0.25) is 9.59 Å². The van der Waals surface area contributed by atoms with Crippen molar-refractivity contribution in [3.05, 3.63) is 75.8 Å². The lowest BCUT2D eigenvalue weighted by molar-refractivity contribution is 0.0527. The third-order valence-corrected chi connectivity index (χ3v) is 4.53. The summed E-state index contributed by atoms with van der Waals surface area (Å²) in [4.78, 5) is 41.0. The minimum atomic E-state index is -0.643. The zero-order chi connectivity index (χ0) is 22.0. The van der Waals surface area contributed by atoms with E-state index < -0.39 is 17.4 Å². The Morgan fingerprint density at radius 1 is 1.19 bits per heavy atom. The molecule has 0 bridgehead atoms. The van der Waals surface area contributed by atoms with E-state index in [4.69, 9.17) is 4.74 Å². The number of pyridine rings is 1. The molecule has 10 heteroatoms. The van der Waals surface area contributed by atoms with Crippen LogP contribution < -0.4 is 10.9 Å². The summed E-state index contributed by atoms with van der Waals surface area (Å²) < 4.78 is 6.44. The number of esters is 1. The molecule has 1 aromatic carbocycles. The van der Waals surface area contributed by atoms with Crippen molar-refractivity contribution < 1.29 is 14.3 Å². The zero-order valence-electron chi connectivity index (χ0n) is 16.7. The maximum Gasteiger partial charge on any atom is 0.343 e. The molecule has 4 rings (SSSR count). The standard InChI is InChI=1S/C21H18N6O4/c1-3-31-21(30)14-11-22-27(17-10-12(2)13-6-4-5-7-15(13)23-17)19(14)24-20(29)16-8-9-18(28)26-25-16/h4-11H,3H2,1-2H3,(H,24,29)(H,26,28). The average molecular weight is 418 g/mol. The summed E-state index contributed by atoms with van der Waals surface area (Å²) in [6.07, 6.45) is 1.31. The summed E-state index contributed by atoms with van der Waals surface area (Å²) in [5, 5.41) is 13.8. The fraction of sp³-hybridized carbons (Fsp3) is 0.143. The first-order valence-corrected chi connectivity index (χ1v) is 9.47. The van der Waals surface area contributed by atoms with Gasteiger partial charge < -0.3 is 10.1 Å². The lowest BCUT2D eigenvalue weighted by Crippen LogP contribution is -2.21. The molecular weight excluding hydrogens is 400 g/mol. The summed E-state index contributed by atoms with van der Waals surface area (Å²) in [6.45, 7) is 3.77. The van der Waals surface area contributed by atoms with Crippen molar-refractivity contribution in [3.8, 4) is 5.82 Å². The molecule has 0 radical (unpaired) electrons. The van der Waals surface area contributed by atoms with Crippen LogP contribution in [0, 0.1) is 6.92 Å². The van der Waals surface area contributed by atoms with Crippen LogP contribution in [0.5, 0.6) is 0 Å². The summed E-state index contributed by atoms with van der Waals surface area (Å²) in [6, 6.07) is 11.9. The molecule has 3 aromatic heterocycles. The fourth-order valence-corrected chi connectivity index (χ4v) is 3.08. The third kappa shape index (κ3) is 3.90. The van der Waals surface area contributed by atoms with Crippen molar-refractivity contribution in [3.63, 3.8) is 0 Å². The minimum absolute atomic E-state index is 0.0372. The van der Waals surface area contributed by atoms with E-state index in [0.29, 0.717) is 5.82 Å². The second-order valence-corrected chi connectivity index (χ2v) is 6.61. The second kappa shape index (κ2) is 8.19. The predicted octanol–water partition coefficient (Wildman–Crippen LogP) is 2.24. The molecule has 0 aliphatic rings. The topological polar surface area (TPSA) is 132 Å². The van der Waals surface area contributed by atoms with Crippen LogP contribution in [0.15, 0.2) is 53.5 Å². The molecule has 3 heterocycles. The van der Waals surface area contributed by atoms with Gasteiger partial charge in [0, 0.05) is 11.5 Å². The number of aromatic amines is 1. The number of rotatable bonds is 5. The molecule has 0 unspecified atom stereocenters. The van der Waals surface area contributed by atoms with E-state index in [1.807, 2.05) is 31.2 Å². The van der Waals surface area contributed by atoms with E-state index in [9.17, 15) is 14.4 Å². The van der Waals surface area contributed by atoms with Gasteiger partial charge in [0.1, 0.15) is 11.3 Å². The number of benzene rings is 1. The molecule has 0 saturated heterocycles. The molecule has 0 atom stereocenters. The number of H-pyrrole nitrogens is 1. The molecule has 0 spiro atoms. The van der Waals surface area contributed by atoms with Gasteiger partial charge in [-0.1, -0.05) is 18.2 Å². The number of aromatic nitrogens is 5. The van der Waals surface area contributed by atoms with Crippen molar-refractivity contribution >= 4 is 28.6 Å². The van der Waals surface area contributed by atoms with Gasteiger partial charge in [-0.05, 0) is 37.6 Å². The Morgan fingerprint density at radius 2 is 2.00 bits per heavy atom. The number of hydrogen-bond acceptors (Lipinski definition) is 7. The molecule has 0 fully saturated rings. The van der Waals surface area contributed by atoms with Crippen LogP contribution in [0.4, 0.5) is 5.82 Å². The van der Waals surface area contributed by atoms with Gasteiger partial charge in [-0.15, -0.1) is 0 Å². The highest BCUT2D eigenvalue weighted by molar-refractivity contribution is 6.06. The van der Waals surface area contributed by atoms with E-state index in [1.165, 1.54) is 23.0 Å². The molecule has 0 aliphatic carbocycles. The molecule has 0 aliphatic heterocycles. The number of para-hydroxylation sites is 1. The highest BCUT2D eigenvalue weighted by atomic mass is 16.5. The fourth-order valence-electron chi connectivity index (χ4n) is 3.08. The van der Waals surface area contributed by atoms with Crippen LogP contribution in [0.25, 0.3) is 16.7 Å². The van der Waals surface area contributed by atoms with E-state index in [0.717, 1.165) is 16.5 Å². The van der Waals surface area contributed by atoms with Crippen molar-refractivity contribution in [2.24, 2.45) is 0 Å². The summed E-state index contributed by atoms with van der Waals surface area (Å²) in [7, 11) is 0. The second-order valence-electron chi connectivity index (χ2n) is 6.61. The molecule has 0 saturated carbocycles. The number of hydrogen-bond donors (Lipinski definition) is 2. The molecule has 156 valence electrons. The van der Waals surface area contributed by atoms with Crippen molar-refractivity contribution in [2.75, 3.05) is 11.9 Å². The van der Waals surface area contributed by atoms with Crippen molar-refractivity contribution in [2.45, 2.75) is 13.8 Å². The van der Waals surface area contributed by atoms with Crippen molar-refractivity contribution in [1.29, 1.82) is 0 Å². The number of nitrogens with one attached hydrogen (secondary N) is 2. The number of aryl methyl sites for hydroxylation is 1. The zero-order valence-corrected chi connectivity index (χ0v) is 16.7. The van der Waals surface area contributed by atoms with E-state index >= 15 is 0 Å². The van der Waals surface area contributed by atoms with Crippen LogP contribution in [-0.4, -0.2) is 43.4 Å². The SMILES string of the molecule is CCOC(=O)c1cnn(-c2cc(C)c3ccccc3n2)c1NC(=O)c1ccc(=O)[nH]n1. The number of fused-ring (bicyclic) bond motifs is 1. The summed E-state index contributed by atoms with van der Waals surface area (Å²) in [5.74, 6) is -0.785. The molecule has 10 nitrogen and oxygen atoms in total. The first-order chi connectivity index (χ1) is 15.0. The van der Waals surface area contributed by atoms with E-state index in [1.54, 1.807) is 13.0 Å². The number of amides is 1. The molecule has 1 amide bonds. The Hall–Kier alpha value is -4.34. The number of ether oxygens (including phenoxy) is 1. The smallest absolute Gasteiger partial charge is 0.343 e. The first kappa shape index (κ1) is 20.0. The lowest BCUT2D eigenvalue weighted by Gasteiger charge is -2.12. The molecule has 2 N–H and O–H groups in total. The van der Waals surface area contributed by atoms with E-state index in [2.05, 4.69) is 25.6 Å². The Morgan fingerprint density at radius 3 is 2.74 bits per heavy atom. The van der Waals surface area contributed by atoms with Gasteiger partial charge in [0.15, 0.2) is 11.6 Å².